The lowest BCUT2D eigenvalue weighted by Crippen LogP contribution is -2.24. The first-order chi connectivity index (χ1) is 6.16. The average molecular weight is 197 g/mol. The number of rotatable bonds is 5. The van der Waals surface area contributed by atoms with E-state index in [0.29, 0.717) is 10.8 Å². The smallest absolute Gasteiger partial charge is 0.0115 e. The Bertz CT molecular complexity index is 184. The van der Waals surface area contributed by atoms with Gasteiger partial charge in [0.1, 0.15) is 0 Å². The van der Waals surface area contributed by atoms with E-state index in [1.807, 2.05) is 0 Å². The van der Waals surface area contributed by atoms with Crippen molar-refractivity contribution in [2.75, 3.05) is 6.54 Å². The Kier molecular flexibility index (Phi) is 4.70. The predicted molar refractivity (Wildman–Crippen MR) is 65.3 cm³/mol. The quantitative estimate of drug-likeness (QED) is 0.703. The standard InChI is InChI=1S/C13H27N/c1-8-14-11(2)9-13(6,7)10-12(3,4)5/h14H,2,8-10H2,1,3-7H3. The minimum Gasteiger partial charge on any atom is -0.389 e. The van der Waals surface area contributed by atoms with Crippen LogP contribution >= 0.6 is 0 Å². The van der Waals surface area contributed by atoms with Crippen molar-refractivity contribution in [2.45, 2.75) is 54.4 Å². The van der Waals surface area contributed by atoms with Gasteiger partial charge in [0.05, 0.1) is 0 Å². The number of hydrogen-bond donors (Lipinski definition) is 1. The molecule has 0 radical (unpaired) electrons. The number of nitrogens with one attached hydrogen (secondary N) is 1. The monoisotopic (exact) mass is 197 g/mol. The van der Waals surface area contributed by atoms with E-state index >= 15 is 0 Å². The molecule has 0 saturated carbocycles. The Labute approximate surface area is 90.0 Å². The highest BCUT2D eigenvalue weighted by molar-refractivity contribution is 4.96. The van der Waals surface area contributed by atoms with Crippen LogP contribution in [0.3, 0.4) is 0 Å². The van der Waals surface area contributed by atoms with E-state index in [9.17, 15) is 0 Å². The van der Waals surface area contributed by atoms with Crippen LogP contribution in [0.5, 0.6) is 0 Å². The van der Waals surface area contributed by atoms with Crippen LogP contribution in [0.2, 0.25) is 0 Å². The Balaban J connectivity index is 4.13. The molecule has 0 atom stereocenters. The van der Waals surface area contributed by atoms with Gasteiger partial charge in [0.25, 0.3) is 0 Å². The third kappa shape index (κ3) is 6.99. The zero-order chi connectivity index (χ0) is 11.4. The predicted octanol–water partition coefficient (Wildman–Crippen LogP) is 3.96. The lowest BCUT2D eigenvalue weighted by Gasteiger charge is -2.33. The van der Waals surface area contributed by atoms with Crippen LogP contribution in [0.4, 0.5) is 0 Å². The second-order valence-electron chi connectivity index (χ2n) is 6.21. The van der Waals surface area contributed by atoms with Gasteiger partial charge in [0, 0.05) is 12.2 Å². The summed E-state index contributed by atoms with van der Waals surface area (Å²) in [7, 11) is 0. The fraction of sp³-hybridized carbons (Fsp3) is 0.846. The van der Waals surface area contributed by atoms with Crippen LogP contribution in [0.1, 0.15) is 54.4 Å². The molecule has 0 heterocycles. The van der Waals surface area contributed by atoms with Gasteiger partial charge in [-0.05, 0) is 30.6 Å². The molecule has 1 N–H and O–H groups in total. The van der Waals surface area contributed by atoms with Crippen molar-refractivity contribution in [3.05, 3.63) is 12.3 Å². The summed E-state index contributed by atoms with van der Waals surface area (Å²) in [6.45, 7) is 18.7. The number of hydrogen-bond acceptors (Lipinski definition) is 1. The van der Waals surface area contributed by atoms with Crippen molar-refractivity contribution in [1.82, 2.24) is 5.32 Å². The maximum Gasteiger partial charge on any atom is 0.0115 e. The van der Waals surface area contributed by atoms with E-state index in [2.05, 4.69) is 53.4 Å². The molecule has 0 aliphatic carbocycles. The second-order valence-corrected chi connectivity index (χ2v) is 6.21. The summed E-state index contributed by atoms with van der Waals surface area (Å²) < 4.78 is 0. The van der Waals surface area contributed by atoms with E-state index in [-0.39, 0.29) is 0 Å². The van der Waals surface area contributed by atoms with Crippen molar-refractivity contribution in [1.29, 1.82) is 0 Å². The molecule has 0 aromatic carbocycles. The van der Waals surface area contributed by atoms with Crippen LogP contribution in [0.15, 0.2) is 12.3 Å². The fourth-order valence-corrected chi connectivity index (χ4v) is 2.39. The van der Waals surface area contributed by atoms with Gasteiger partial charge in [-0.25, -0.2) is 0 Å². The van der Waals surface area contributed by atoms with Crippen LogP contribution in [-0.2, 0) is 0 Å². The summed E-state index contributed by atoms with van der Waals surface area (Å²) in [4.78, 5) is 0. The molecule has 0 amide bonds. The van der Waals surface area contributed by atoms with E-state index in [0.717, 1.165) is 13.0 Å². The maximum absolute atomic E-state index is 4.05. The molecule has 0 saturated heterocycles. The van der Waals surface area contributed by atoms with E-state index in [1.54, 1.807) is 0 Å². The molecule has 0 fully saturated rings. The topological polar surface area (TPSA) is 12.0 Å². The lowest BCUT2D eigenvalue weighted by atomic mass is 9.74. The molecule has 0 aromatic rings. The minimum atomic E-state index is 0.345. The highest BCUT2D eigenvalue weighted by atomic mass is 14.9. The maximum atomic E-state index is 4.05. The summed E-state index contributed by atoms with van der Waals surface area (Å²) in [5.74, 6) is 0. The van der Waals surface area contributed by atoms with Gasteiger partial charge in [-0.15, -0.1) is 0 Å². The van der Waals surface area contributed by atoms with Crippen molar-refractivity contribution >= 4 is 0 Å². The summed E-state index contributed by atoms with van der Waals surface area (Å²) >= 11 is 0. The molecule has 1 nitrogen and oxygen atoms in total. The normalized spacial score (nSPS) is 12.7. The van der Waals surface area contributed by atoms with Gasteiger partial charge in [-0.3, -0.25) is 0 Å². The molecule has 0 unspecified atom stereocenters. The highest BCUT2D eigenvalue weighted by Crippen LogP contribution is 2.36. The third-order valence-corrected chi connectivity index (χ3v) is 2.13. The Hall–Kier alpha value is -0.460. The number of allylic oxidation sites excluding steroid dienone is 1. The third-order valence-electron chi connectivity index (χ3n) is 2.13. The van der Waals surface area contributed by atoms with E-state index in [1.165, 1.54) is 12.1 Å². The molecule has 0 aliphatic rings. The van der Waals surface area contributed by atoms with Gasteiger partial charge < -0.3 is 5.32 Å². The molecule has 0 bridgehead atoms. The Morgan fingerprint density at radius 3 is 2.00 bits per heavy atom. The van der Waals surface area contributed by atoms with E-state index < -0.39 is 0 Å². The molecule has 14 heavy (non-hydrogen) atoms. The van der Waals surface area contributed by atoms with Gasteiger partial charge in [0.15, 0.2) is 0 Å². The molecule has 84 valence electrons. The first-order valence-corrected chi connectivity index (χ1v) is 5.58. The molecule has 0 aliphatic heterocycles. The summed E-state index contributed by atoms with van der Waals surface area (Å²) in [6, 6.07) is 0. The van der Waals surface area contributed by atoms with Crippen LogP contribution < -0.4 is 5.32 Å². The summed E-state index contributed by atoms with van der Waals surface area (Å²) in [6.07, 6.45) is 2.29. The fourth-order valence-electron chi connectivity index (χ4n) is 2.39. The van der Waals surface area contributed by atoms with Crippen molar-refractivity contribution in [3.63, 3.8) is 0 Å². The average Bonchev–Trinajstić information content (AvgIpc) is 1.78. The van der Waals surface area contributed by atoms with Crippen molar-refractivity contribution in [2.24, 2.45) is 10.8 Å². The van der Waals surface area contributed by atoms with Gasteiger partial charge in [0.2, 0.25) is 0 Å². The summed E-state index contributed by atoms with van der Waals surface area (Å²) in [5, 5.41) is 3.29. The molecule has 0 rings (SSSR count). The van der Waals surface area contributed by atoms with Crippen LogP contribution in [-0.4, -0.2) is 6.54 Å². The van der Waals surface area contributed by atoms with Crippen molar-refractivity contribution < 1.29 is 0 Å². The highest BCUT2D eigenvalue weighted by Gasteiger charge is 2.25. The molecule has 0 aromatic heterocycles. The van der Waals surface area contributed by atoms with Gasteiger partial charge >= 0.3 is 0 Å². The largest absolute Gasteiger partial charge is 0.389 e. The molecular weight excluding hydrogens is 170 g/mol. The van der Waals surface area contributed by atoms with Crippen molar-refractivity contribution in [3.8, 4) is 0 Å². The van der Waals surface area contributed by atoms with Gasteiger partial charge in [-0.1, -0.05) is 41.2 Å². The second kappa shape index (κ2) is 4.86. The van der Waals surface area contributed by atoms with Crippen LogP contribution in [0, 0.1) is 10.8 Å². The first kappa shape index (κ1) is 13.5. The first-order valence-electron chi connectivity index (χ1n) is 5.58. The van der Waals surface area contributed by atoms with Crippen LogP contribution in [0.25, 0.3) is 0 Å². The molecule has 1 heteroatoms. The Morgan fingerprint density at radius 2 is 1.64 bits per heavy atom. The molecule has 0 spiro atoms. The SMILES string of the molecule is C=C(CC(C)(C)CC(C)(C)C)NCC. The zero-order valence-corrected chi connectivity index (χ0v) is 10.8. The van der Waals surface area contributed by atoms with Gasteiger partial charge in [-0.2, -0.15) is 0 Å². The van der Waals surface area contributed by atoms with E-state index in [4.69, 9.17) is 0 Å². The minimum absolute atomic E-state index is 0.345. The summed E-state index contributed by atoms with van der Waals surface area (Å²) in [5.41, 5.74) is 1.91. The zero-order valence-electron chi connectivity index (χ0n) is 10.8. The lowest BCUT2D eigenvalue weighted by molar-refractivity contribution is 0.209. The Morgan fingerprint density at radius 1 is 1.14 bits per heavy atom. The molecular formula is C13H27N.